The van der Waals surface area contributed by atoms with Crippen molar-refractivity contribution in [3.05, 3.63) is 29.1 Å². The Kier molecular flexibility index (Phi) is 4.71. The first kappa shape index (κ1) is 18.4. The number of piperidine rings is 1. The zero-order chi connectivity index (χ0) is 18.4. The molecular weight excluding hydrogens is 320 g/mol. The highest BCUT2D eigenvalue weighted by atomic mass is 19.1. The number of hydrogen-bond acceptors (Lipinski definition) is 3. The van der Waals surface area contributed by atoms with Gasteiger partial charge in [0.05, 0.1) is 16.8 Å². The molecule has 2 fully saturated rings. The van der Waals surface area contributed by atoms with Crippen LogP contribution in [0.5, 0.6) is 0 Å². The lowest BCUT2D eigenvalue weighted by Gasteiger charge is -2.32. The van der Waals surface area contributed by atoms with Crippen LogP contribution in [-0.4, -0.2) is 42.2 Å². The van der Waals surface area contributed by atoms with Gasteiger partial charge >= 0.3 is 7.12 Å². The normalized spacial score (nSPS) is 22.3. The molecule has 1 amide bonds. The quantitative estimate of drug-likeness (QED) is 0.772. The van der Waals surface area contributed by atoms with E-state index >= 15 is 0 Å². The fraction of sp³-hybridized carbons (Fsp3) is 0.632. The lowest BCUT2D eigenvalue weighted by atomic mass is 9.75. The Morgan fingerprint density at radius 3 is 2.20 bits per heavy atom. The summed E-state index contributed by atoms with van der Waals surface area (Å²) in [6.07, 6.45) is 3.10. The van der Waals surface area contributed by atoms with Crippen LogP contribution >= 0.6 is 0 Å². The summed E-state index contributed by atoms with van der Waals surface area (Å²) in [5.41, 5.74) is 0.623. The maximum absolute atomic E-state index is 14.7. The second-order valence-electron chi connectivity index (χ2n) is 8.13. The van der Waals surface area contributed by atoms with Crippen molar-refractivity contribution in [2.45, 2.75) is 65.1 Å². The second-order valence-corrected chi connectivity index (χ2v) is 8.13. The highest BCUT2D eigenvalue weighted by molar-refractivity contribution is 6.62. The first-order valence-corrected chi connectivity index (χ1v) is 9.07. The van der Waals surface area contributed by atoms with E-state index in [1.165, 1.54) is 6.07 Å². The maximum atomic E-state index is 14.7. The molecule has 2 heterocycles. The highest BCUT2D eigenvalue weighted by Crippen LogP contribution is 2.36. The molecular formula is C19H27BFNO3. The maximum Gasteiger partial charge on any atom is 0.495 e. The van der Waals surface area contributed by atoms with E-state index in [1.807, 2.05) is 34.6 Å². The third-order valence-corrected chi connectivity index (χ3v) is 5.74. The van der Waals surface area contributed by atoms with Gasteiger partial charge in [0.2, 0.25) is 0 Å². The van der Waals surface area contributed by atoms with Crippen LogP contribution in [0.3, 0.4) is 0 Å². The third-order valence-electron chi connectivity index (χ3n) is 5.74. The zero-order valence-electron chi connectivity index (χ0n) is 15.8. The van der Waals surface area contributed by atoms with Crippen LogP contribution in [-0.2, 0) is 9.31 Å². The predicted octanol–water partition coefficient (Wildman–Crippen LogP) is 3.06. The molecule has 1 aromatic carbocycles. The average molecular weight is 347 g/mol. The molecule has 0 radical (unpaired) electrons. The highest BCUT2D eigenvalue weighted by Gasteiger charge is 2.52. The summed E-state index contributed by atoms with van der Waals surface area (Å²) in [7, 11) is -0.626. The molecule has 2 saturated heterocycles. The molecule has 0 aliphatic carbocycles. The predicted molar refractivity (Wildman–Crippen MR) is 96.6 cm³/mol. The van der Waals surface area contributed by atoms with E-state index in [0.717, 1.165) is 24.8 Å². The van der Waals surface area contributed by atoms with E-state index in [2.05, 4.69) is 0 Å². The molecule has 25 heavy (non-hydrogen) atoms. The number of aryl methyl sites for hydroxylation is 1. The zero-order valence-corrected chi connectivity index (χ0v) is 15.8. The van der Waals surface area contributed by atoms with E-state index in [1.54, 1.807) is 11.0 Å². The molecule has 0 unspecified atom stereocenters. The molecule has 0 atom stereocenters. The van der Waals surface area contributed by atoms with Crippen LogP contribution in [0.1, 0.15) is 62.9 Å². The van der Waals surface area contributed by atoms with E-state index in [4.69, 9.17) is 9.31 Å². The summed E-state index contributed by atoms with van der Waals surface area (Å²) in [4.78, 5) is 14.4. The number of carbonyl (C=O) groups excluding carboxylic acids is 1. The van der Waals surface area contributed by atoms with Crippen molar-refractivity contribution in [2.75, 3.05) is 13.1 Å². The van der Waals surface area contributed by atoms with Gasteiger partial charge in [-0.3, -0.25) is 4.79 Å². The molecule has 2 aliphatic heterocycles. The summed E-state index contributed by atoms with van der Waals surface area (Å²) in [5, 5.41) is 0. The lowest BCUT2D eigenvalue weighted by Crippen LogP contribution is -2.41. The summed E-state index contributed by atoms with van der Waals surface area (Å²) < 4.78 is 26.8. The van der Waals surface area contributed by atoms with E-state index < -0.39 is 24.1 Å². The van der Waals surface area contributed by atoms with Crippen molar-refractivity contribution in [3.63, 3.8) is 0 Å². The van der Waals surface area contributed by atoms with Crippen LogP contribution in [0, 0.1) is 12.7 Å². The first-order chi connectivity index (χ1) is 11.6. The van der Waals surface area contributed by atoms with Gasteiger partial charge in [-0.1, -0.05) is 5.56 Å². The minimum atomic E-state index is -0.626. The molecule has 6 heteroatoms. The van der Waals surface area contributed by atoms with Gasteiger partial charge in [0.1, 0.15) is 5.82 Å². The SMILES string of the molecule is Cc1cc(C(=O)N2CCCCC2)c(F)cc1B1OC(C)(C)C(C)(C)O1. The van der Waals surface area contributed by atoms with Gasteiger partial charge in [0, 0.05) is 13.1 Å². The lowest BCUT2D eigenvalue weighted by molar-refractivity contribution is 0.00578. The smallest absolute Gasteiger partial charge is 0.399 e. The van der Waals surface area contributed by atoms with E-state index in [9.17, 15) is 9.18 Å². The average Bonchev–Trinajstić information content (AvgIpc) is 2.77. The topological polar surface area (TPSA) is 38.8 Å². The monoisotopic (exact) mass is 347 g/mol. The molecule has 0 aromatic heterocycles. The van der Waals surface area contributed by atoms with Gasteiger partial charge in [-0.2, -0.15) is 0 Å². The van der Waals surface area contributed by atoms with Crippen molar-refractivity contribution in [2.24, 2.45) is 0 Å². The minimum absolute atomic E-state index is 0.139. The van der Waals surface area contributed by atoms with Gasteiger partial charge in [0.25, 0.3) is 5.91 Å². The van der Waals surface area contributed by atoms with Crippen molar-refractivity contribution in [1.29, 1.82) is 0 Å². The van der Waals surface area contributed by atoms with Crippen LogP contribution in [0.2, 0.25) is 0 Å². The molecule has 2 aliphatic rings. The largest absolute Gasteiger partial charge is 0.495 e. The van der Waals surface area contributed by atoms with Gasteiger partial charge in [-0.05, 0) is 71.5 Å². The van der Waals surface area contributed by atoms with Gasteiger partial charge in [-0.15, -0.1) is 0 Å². The van der Waals surface area contributed by atoms with E-state index in [0.29, 0.717) is 18.6 Å². The Balaban J connectivity index is 1.87. The van der Waals surface area contributed by atoms with Crippen LogP contribution < -0.4 is 5.46 Å². The van der Waals surface area contributed by atoms with Crippen molar-refractivity contribution < 1.29 is 18.5 Å². The number of nitrogens with zero attached hydrogens (tertiary/aromatic N) is 1. The Bertz CT molecular complexity index is 667. The van der Waals surface area contributed by atoms with E-state index in [-0.39, 0.29) is 11.5 Å². The van der Waals surface area contributed by atoms with Gasteiger partial charge in [-0.25, -0.2) is 4.39 Å². The first-order valence-electron chi connectivity index (χ1n) is 9.07. The summed E-state index contributed by atoms with van der Waals surface area (Å²) in [6.45, 7) is 11.1. The summed E-state index contributed by atoms with van der Waals surface area (Å²) >= 11 is 0. The number of halogens is 1. The Labute approximate surface area is 149 Å². The molecule has 0 saturated carbocycles. The number of carbonyl (C=O) groups is 1. The summed E-state index contributed by atoms with van der Waals surface area (Å²) in [5.74, 6) is -0.730. The van der Waals surface area contributed by atoms with Crippen LogP contribution in [0.15, 0.2) is 12.1 Å². The molecule has 136 valence electrons. The Morgan fingerprint density at radius 2 is 1.64 bits per heavy atom. The minimum Gasteiger partial charge on any atom is -0.399 e. The number of likely N-dealkylation sites (tertiary alicyclic amines) is 1. The number of hydrogen-bond donors (Lipinski definition) is 0. The van der Waals surface area contributed by atoms with Crippen molar-refractivity contribution >= 4 is 18.5 Å². The summed E-state index contributed by atoms with van der Waals surface area (Å²) in [6, 6.07) is 3.03. The van der Waals surface area contributed by atoms with Crippen molar-refractivity contribution in [1.82, 2.24) is 4.90 Å². The van der Waals surface area contributed by atoms with Crippen molar-refractivity contribution in [3.8, 4) is 0 Å². The van der Waals surface area contributed by atoms with Gasteiger partial charge < -0.3 is 14.2 Å². The molecule has 1 aromatic rings. The Hall–Kier alpha value is -1.40. The van der Waals surface area contributed by atoms with Gasteiger partial charge in [0.15, 0.2) is 0 Å². The third kappa shape index (κ3) is 3.34. The molecule has 0 bridgehead atoms. The fourth-order valence-corrected chi connectivity index (χ4v) is 3.35. The number of rotatable bonds is 2. The number of benzene rings is 1. The second kappa shape index (κ2) is 6.40. The number of amides is 1. The standard InChI is InChI=1S/C19H27BFNO3/c1-13-11-14(17(23)22-9-7-6-8-10-22)16(21)12-15(13)20-24-18(2,3)19(4,5)25-20/h11-12H,6-10H2,1-5H3. The molecule has 0 N–H and O–H groups in total. The molecule has 4 nitrogen and oxygen atoms in total. The molecule has 3 rings (SSSR count). The van der Waals surface area contributed by atoms with Crippen LogP contribution in [0.4, 0.5) is 4.39 Å². The fourth-order valence-electron chi connectivity index (χ4n) is 3.35. The molecule has 0 spiro atoms. The Morgan fingerprint density at radius 1 is 1.08 bits per heavy atom. The van der Waals surface area contributed by atoms with Crippen LogP contribution in [0.25, 0.3) is 0 Å².